The van der Waals surface area contributed by atoms with E-state index in [-0.39, 0.29) is 0 Å². The molecule has 1 aliphatic carbocycles. The quantitative estimate of drug-likeness (QED) is 0.807. The Bertz CT molecular complexity index is 670. The van der Waals surface area contributed by atoms with Gasteiger partial charge in [0, 0.05) is 11.5 Å². The molecule has 27 heavy (non-hydrogen) atoms. The van der Waals surface area contributed by atoms with Crippen molar-refractivity contribution in [3.63, 3.8) is 0 Å². The van der Waals surface area contributed by atoms with Crippen molar-refractivity contribution in [3.8, 4) is 0 Å². The van der Waals surface area contributed by atoms with Crippen molar-refractivity contribution >= 4 is 0 Å². The molecule has 0 unspecified atom stereocenters. The number of quaternary nitrogens is 2. The lowest BCUT2D eigenvalue weighted by Crippen LogP contribution is -3.29. The molecule has 4 rings (SSSR count). The zero-order valence-electron chi connectivity index (χ0n) is 16.9. The van der Waals surface area contributed by atoms with Crippen LogP contribution in [0.3, 0.4) is 0 Å². The lowest BCUT2D eigenvalue weighted by Gasteiger charge is -2.40. The fraction of sp³-hybridized carbons (Fsp3) is 0.520. The minimum atomic E-state index is 0.542. The molecule has 2 nitrogen and oxygen atoms in total. The lowest BCUT2D eigenvalue weighted by atomic mass is 9.86. The van der Waals surface area contributed by atoms with E-state index in [1.54, 1.807) is 4.90 Å². The van der Waals surface area contributed by atoms with Crippen LogP contribution in [0.25, 0.3) is 0 Å². The molecule has 1 aliphatic heterocycles. The van der Waals surface area contributed by atoms with Crippen LogP contribution in [-0.2, 0) is 0 Å². The molecule has 2 fully saturated rings. The highest BCUT2D eigenvalue weighted by Crippen LogP contribution is 2.28. The molecule has 1 saturated carbocycles. The molecular weight excluding hydrogens is 328 g/mol. The van der Waals surface area contributed by atoms with Gasteiger partial charge in [0.05, 0.1) is 6.04 Å². The average Bonchev–Trinajstić information content (AvgIpc) is 2.76. The number of nitrogens with one attached hydrogen (secondary N) is 2. The third-order valence-corrected chi connectivity index (χ3v) is 7.14. The fourth-order valence-corrected chi connectivity index (χ4v) is 5.61. The number of hydrogen-bond donors (Lipinski definition) is 2. The predicted molar refractivity (Wildman–Crippen MR) is 112 cm³/mol. The molecule has 1 heterocycles. The first-order valence-corrected chi connectivity index (χ1v) is 11.1. The van der Waals surface area contributed by atoms with Crippen LogP contribution in [0.4, 0.5) is 0 Å². The number of hydrogen-bond acceptors (Lipinski definition) is 0. The maximum Gasteiger partial charge on any atom is 0.128 e. The highest BCUT2D eigenvalue weighted by molar-refractivity contribution is 5.26. The molecule has 144 valence electrons. The SMILES string of the molecule is C[C@@H](c1ccccc1)[C@H](c1ccccc1)[NH+]1CC[NH+](C2CCCCC2)CC1. The molecule has 0 spiro atoms. The van der Waals surface area contributed by atoms with Crippen molar-refractivity contribution in [2.45, 2.75) is 57.0 Å². The predicted octanol–water partition coefficient (Wildman–Crippen LogP) is 2.65. The first-order valence-electron chi connectivity index (χ1n) is 11.1. The maximum absolute atomic E-state index is 2.43. The molecular formula is C25H36N2+2. The Morgan fingerprint density at radius 3 is 1.85 bits per heavy atom. The molecule has 2 aliphatic rings. The van der Waals surface area contributed by atoms with Gasteiger partial charge in [-0.1, -0.05) is 74.0 Å². The summed E-state index contributed by atoms with van der Waals surface area (Å²) >= 11 is 0. The summed E-state index contributed by atoms with van der Waals surface area (Å²) in [4.78, 5) is 3.69. The highest BCUT2D eigenvalue weighted by atomic mass is 15.3. The second-order valence-electron chi connectivity index (χ2n) is 8.74. The van der Waals surface area contributed by atoms with Gasteiger partial charge in [0.15, 0.2) is 0 Å². The molecule has 1 saturated heterocycles. The Hall–Kier alpha value is -1.64. The van der Waals surface area contributed by atoms with Crippen LogP contribution in [0, 0.1) is 0 Å². The van der Waals surface area contributed by atoms with E-state index in [1.165, 1.54) is 69.4 Å². The first-order chi connectivity index (χ1) is 13.3. The van der Waals surface area contributed by atoms with Crippen LogP contribution in [0.2, 0.25) is 0 Å². The molecule has 2 aromatic carbocycles. The maximum atomic E-state index is 2.43. The molecule has 0 amide bonds. The molecule has 2 atom stereocenters. The summed E-state index contributed by atoms with van der Waals surface area (Å²) in [5, 5.41) is 0. The number of piperazine rings is 1. The summed E-state index contributed by atoms with van der Waals surface area (Å²) in [5.74, 6) is 0.542. The standard InChI is InChI=1S/C25H34N2/c1-21(22-11-5-2-6-12-22)25(23-13-7-3-8-14-23)27-19-17-26(18-20-27)24-15-9-4-10-16-24/h2-3,5-8,11-14,21,24-25H,4,9-10,15-20H2,1H3/p+2/t21-,25+/m0/s1. The van der Waals surface area contributed by atoms with Crippen molar-refractivity contribution in [3.05, 3.63) is 71.8 Å². The fourth-order valence-electron chi connectivity index (χ4n) is 5.61. The van der Waals surface area contributed by atoms with Crippen LogP contribution >= 0.6 is 0 Å². The van der Waals surface area contributed by atoms with Gasteiger partial charge < -0.3 is 9.80 Å². The molecule has 0 bridgehead atoms. The van der Waals surface area contributed by atoms with Crippen LogP contribution in [0.15, 0.2) is 60.7 Å². The van der Waals surface area contributed by atoms with E-state index in [0.717, 1.165) is 6.04 Å². The van der Waals surface area contributed by atoms with Crippen molar-refractivity contribution < 1.29 is 9.80 Å². The third kappa shape index (κ3) is 4.44. The minimum absolute atomic E-state index is 0.542. The van der Waals surface area contributed by atoms with E-state index in [9.17, 15) is 0 Å². The van der Waals surface area contributed by atoms with Crippen molar-refractivity contribution in [2.24, 2.45) is 0 Å². The zero-order valence-corrected chi connectivity index (χ0v) is 16.9. The van der Waals surface area contributed by atoms with Crippen LogP contribution < -0.4 is 9.80 Å². The van der Waals surface area contributed by atoms with Crippen molar-refractivity contribution in [1.29, 1.82) is 0 Å². The smallest absolute Gasteiger partial charge is 0.128 e. The van der Waals surface area contributed by atoms with Crippen molar-refractivity contribution in [2.75, 3.05) is 26.2 Å². The normalized spacial score (nSPS) is 26.4. The second-order valence-corrected chi connectivity index (χ2v) is 8.74. The third-order valence-electron chi connectivity index (χ3n) is 7.14. The van der Waals surface area contributed by atoms with Gasteiger partial charge in [-0.25, -0.2) is 0 Å². The summed E-state index contributed by atoms with van der Waals surface area (Å²) < 4.78 is 0. The van der Waals surface area contributed by atoms with E-state index in [0.29, 0.717) is 12.0 Å². The van der Waals surface area contributed by atoms with E-state index >= 15 is 0 Å². The van der Waals surface area contributed by atoms with E-state index in [2.05, 4.69) is 67.6 Å². The summed E-state index contributed by atoms with van der Waals surface area (Å²) in [5.41, 5.74) is 2.98. The Labute approximate surface area is 165 Å². The molecule has 0 aromatic heterocycles. The average molecular weight is 365 g/mol. The summed E-state index contributed by atoms with van der Waals surface area (Å²) in [6.45, 7) is 7.75. The van der Waals surface area contributed by atoms with Gasteiger partial charge in [-0.3, -0.25) is 0 Å². The Morgan fingerprint density at radius 2 is 1.26 bits per heavy atom. The Morgan fingerprint density at radius 1 is 0.704 bits per heavy atom. The van der Waals surface area contributed by atoms with Gasteiger partial charge in [-0.2, -0.15) is 0 Å². The van der Waals surface area contributed by atoms with Gasteiger partial charge in [0.1, 0.15) is 32.2 Å². The van der Waals surface area contributed by atoms with Crippen LogP contribution in [0.5, 0.6) is 0 Å². The first kappa shape index (κ1) is 18.7. The van der Waals surface area contributed by atoms with E-state index in [1.807, 2.05) is 4.90 Å². The van der Waals surface area contributed by atoms with Gasteiger partial charge >= 0.3 is 0 Å². The minimum Gasteiger partial charge on any atom is -0.323 e. The highest BCUT2D eigenvalue weighted by Gasteiger charge is 2.37. The number of benzene rings is 2. The summed E-state index contributed by atoms with van der Waals surface area (Å²) in [6.07, 6.45) is 7.32. The van der Waals surface area contributed by atoms with Crippen LogP contribution in [-0.4, -0.2) is 32.2 Å². The van der Waals surface area contributed by atoms with E-state index < -0.39 is 0 Å². The Balaban J connectivity index is 1.50. The monoisotopic (exact) mass is 364 g/mol. The topological polar surface area (TPSA) is 8.88 Å². The summed E-state index contributed by atoms with van der Waals surface area (Å²) in [7, 11) is 0. The Kier molecular flexibility index (Phi) is 6.26. The van der Waals surface area contributed by atoms with Gasteiger partial charge in [0.2, 0.25) is 0 Å². The summed E-state index contributed by atoms with van der Waals surface area (Å²) in [6, 6.07) is 23.9. The van der Waals surface area contributed by atoms with Gasteiger partial charge in [0.25, 0.3) is 0 Å². The van der Waals surface area contributed by atoms with Gasteiger partial charge in [-0.05, 0) is 31.2 Å². The van der Waals surface area contributed by atoms with Crippen LogP contribution in [0.1, 0.15) is 62.1 Å². The van der Waals surface area contributed by atoms with E-state index in [4.69, 9.17) is 0 Å². The second kappa shape index (κ2) is 9.03. The molecule has 2 N–H and O–H groups in total. The lowest BCUT2D eigenvalue weighted by molar-refractivity contribution is -1.04. The van der Waals surface area contributed by atoms with Gasteiger partial charge in [-0.15, -0.1) is 0 Å². The number of rotatable bonds is 5. The molecule has 0 radical (unpaired) electrons. The molecule has 2 aromatic rings. The largest absolute Gasteiger partial charge is 0.323 e. The molecule has 2 heteroatoms. The zero-order chi connectivity index (χ0) is 18.5. The van der Waals surface area contributed by atoms with Crippen molar-refractivity contribution in [1.82, 2.24) is 0 Å².